The Labute approximate surface area is 121 Å². The highest BCUT2D eigenvalue weighted by atomic mass is 32.2. The molecule has 118 valence electrons. The Balaban J connectivity index is 2.59. The molecule has 0 radical (unpaired) electrons. The van der Waals surface area contributed by atoms with Gasteiger partial charge < -0.3 is 14.5 Å². The molecule has 3 N–H and O–H groups in total. The molecule has 0 fully saturated rings. The maximum atomic E-state index is 11.7. The summed E-state index contributed by atoms with van der Waals surface area (Å²) in [7, 11) is -8.27. The largest absolute Gasteiger partial charge is 0.481 e. The number of unbranched alkanes of at least 4 members (excludes halogenated alkanes) is 1. The summed E-state index contributed by atoms with van der Waals surface area (Å²) in [5.41, 5.74) is 0. The van der Waals surface area contributed by atoms with E-state index >= 15 is 0 Å². The minimum Gasteiger partial charge on any atom is -0.481 e. The Hall–Kier alpha value is -1.41. The van der Waals surface area contributed by atoms with Crippen LogP contribution in [0.2, 0.25) is 0 Å². The fourth-order valence-corrected chi connectivity index (χ4v) is 3.12. The van der Waals surface area contributed by atoms with Crippen molar-refractivity contribution in [2.24, 2.45) is 0 Å². The molecule has 0 saturated heterocycles. The van der Waals surface area contributed by atoms with Gasteiger partial charge in [-0.2, -0.15) is 8.42 Å². The quantitative estimate of drug-likeness (QED) is 0.370. The van der Waals surface area contributed by atoms with E-state index in [2.05, 4.69) is 0 Å². The van der Waals surface area contributed by atoms with Crippen LogP contribution in [0.1, 0.15) is 19.3 Å². The minimum absolute atomic E-state index is 0.0218. The summed E-state index contributed by atoms with van der Waals surface area (Å²) in [4.78, 5) is 19.5. The van der Waals surface area contributed by atoms with Gasteiger partial charge in [0.2, 0.25) is 0 Å². The third-order valence-corrected chi connectivity index (χ3v) is 4.70. The molecule has 1 rings (SSSR count). The van der Waals surface area contributed by atoms with Gasteiger partial charge >= 0.3 is 13.6 Å². The Morgan fingerprint density at radius 2 is 1.76 bits per heavy atom. The Morgan fingerprint density at radius 3 is 2.24 bits per heavy atom. The summed E-state index contributed by atoms with van der Waals surface area (Å²) in [5.74, 6) is -1.00. The second kappa shape index (κ2) is 7.04. The summed E-state index contributed by atoms with van der Waals surface area (Å²) >= 11 is 0. The molecule has 0 amide bonds. The highest BCUT2D eigenvalue weighted by molar-refractivity contribution is 7.85. The van der Waals surface area contributed by atoms with Gasteiger partial charge in [-0.25, -0.2) is 4.57 Å². The maximum Gasteiger partial charge on any atom is 0.376 e. The third kappa shape index (κ3) is 6.72. The van der Waals surface area contributed by atoms with Crippen molar-refractivity contribution in [1.82, 2.24) is 0 Å². The van der Waals surface area contributed by atoms with Crippen LogP contribution in [-0.2, 0) is 19.5 Å². The summed E-state index contributed by atoms with van der Waals surface area (Å²) in [6, 6.07) is 4.36. The third-order valence-electron chi connectivity index (χ3n) is 2.45. The van der Waals surface area contributed by atoms with Crippen LogP contribution in [0.3, 0.4) is 0 Å². The number of carbonyl (C=O) groups is 1. The Bertz CT molecular complexity index is 637. The van der Waals surface area contributed by atoms with Crippen molar-refractivity contribution in [1.29, 1.82) is 0 Å². The lowest BCUT2D eigenvalue weighted by Gasteiger charge is -2.13. The first-order valence-electron chi connectivity index (χ1n) is 5.91. The number of carboxylic acids is 1. The number of aliphatic carboxylic acids is 1. The SMILES string of the molecule is O=C(O)CCCCP(=O)(O)Oc1ccc(S(=O)(=O)O)cc1. The maximum absolute atomic E-state index is 11.7. The van der Waals surface area contributed by atoms with Gasteiger partial charge in [0.15, 0.2) is 0 Å². The fourth-order valence-electron chi connectivity index (χ4n) is 1.47. The van der Waals surface area contributed by atoms with E-state index in [-0.39, 0.29) is 36.1 Å². The molecular weight excluding hydrogens is 323 g/mol. The second-order valence-electron chi connectivity index (χ2n) is 4.25. The first-order valence-corrected chi connectivity index (χ1v) is 9.11. The Morgan fingerprint density at radius 1 is 1.19 bits per heavy atom. The molecule has 0 aromatic heterocycles. The van der Waals surface area contributed by atoms with Crippen molar-refractivity contribution in [2.45, 2.75) is 24.2 Å². The first kappa shape index (κ1) is 17.6. The average Bonchev–Trinajstić information content (AvgIpc) is 2.33. The molecule has 8 nitrogen and oxygen atoms in total. The van der Waals surface area contributed by atoms with Gasteiger partial charge in [0.1, 0.15) is 5.75 Å². The normalized spacial score (nSPS) is 14.4. The van der Waals surface area contributed by atoms with E-state index in [1.807, 2.05) is 0 Å². The van der Waals surface area contributed by atoms with Crippen LogP contribution in [0.5, 0.6) is 5.75 Å². The van der Waals surface area contributed by atoms with Crippen LogP contribution in [-0.4, -0.2) is 35.1 Å². The van der Waals surface area contributed by atoms with E-state index in [1.165, 1.54) is 0 Å². The van der Waals surface area contributed by atoms with Crippen LogP contribution in [0.4, 0.5) is 0 Å². The van der Waals surface area contributed by atoms with Gasteiger partial charge in [-0.3, -0.25) is 9.35 Å². The van der Waals surface area contributed by atoms with Gasteiger partial charge in [-0.1, -0.05) is 0 Å². The molecule has 1 atom stereocenters. The van der Waals surface area contributed by atoms with Crippen molar-refractivity contribution < 1.29 is 36.9 Å². The topological polar surface area (TPSA) is 138 Å². The van der Waals surface area contributed by atoms with Crippen molar-refractivity contribution in [3.63, 3.8) is 0 Å². The van der Waals surface area contributed by atoms with E-state index in [1.54, 1.807) is 0 Å². The molecule has 1 unspecified atom stereocenters. The van der Waals surface area contributed by atoms with E-state index < -0.39 is 23.7 Å². The van der Waals surface area contributed by atoms with Crippen molar-refractivity contribution in [2.75, 3.05) is 6.16 Å². The number of carboxylic acid groups (broad SMARTS) is 1. The average molecular weight is 338 g/mol. The lowest BCUT2D eigenvalue weighted by atomic mass is 10.2. The zero-order valence-corrected chi connectivity index (χ0v) is 12.6. The van der Waals surface area contributed by atoms with Gasteiger partial charge in [0.25, 0.3) is 10.1 Å². The van der Waals surface area contributed by atoms with Crippen LogP contribution in [0.15, 0.2) is 29.2 Å². The number of hydrogen-bond donors (Lipinski definition) is 3. The summed E-state index contributed by atoms with van der Waals surface area (Å²) in [6.07, 6.45) is 0.164. The van der Waals surface area contributed by atoms with Gasteiger partial charge in [-0.15, -0.1) is 0 Å². The van der Waals surface area contributed by atoms with Crippen LogP contribution < -0.4 is 4.52 Å². The number of hydrogen-bond acceptors (Lipinski definition) is 5. The van der Waals surface area contributed by atoms with Crippen LogP contribution >= 0.6 is 7.60 Å². The van der Waals surface area contributed by atoms with Gasteiger partial charge in [0.05, 0.1) is 11.1 Å². The zero-order valence-electron chi connectivity index (χ0n) is 10.9. The lowest BCUT2D eigenvalue weighted by Crippen LogP contribution is -2.01. The number of benzene rings is 1. The predicted molar refractivity (Wildman–Crippen MR) is 73.1 cm³/mol. The molecule has 10 heteroatoms. The molecule has 0 saturated carbocycles. The van der Waals surface area contributed by atoms with Gasteiger partial charge in [-0.05, 0) is 37.1 Å². The summed E-state index contributed by atoms with van der Waals surface area (Å²) in [5, 5.41) is 8.44. The van der Waals surface area contributed by atoms with E-state index in [4.69, 9.17) is 14.2 Å². The molecule has 21 heavy (non-hydrogen) atoms. The summed E-state index contributed by atoms with van der Waals surface area (Å²) in [6.45, 7) is 0. The highest BCUT2D eigenvalue weighted by Crippen LogP contribution is 2.43. The first-order chi connectivity index (χ1) is 9.60. The molecular formula is C11H15O8PS. The monoisotopic (exact) mass is 338 g/mol. The van der Waals surface area contributed by atoms with Crippen molar-refractivity contribution >= 4 is 23.7 Å². The minimum atomic E-state index is -4.33. The molecule has 0 aliphatic heterocycles. The van der Waals surface area contributed by atoms with E-state index in [0.717, 1.165) is 24.3 Å². The second-order valence-corrected chi connectivity index (χ2v) is 7.58. The fraction of sp³-hybridized carbons (Fsp3) is 0.364. The van der Waals surface area contributed by atoms with Crippen LogP contribution in [0, 0.1) is 0 Å². The zero-order chi connectivity index (χ0) is 16.1. The van der Waals surface area contributed by atoms with Crippen molar-refractivity contribution in [3.8, 4) is 5.75 Å². The highest BCUT2D eigenvalue weighted by Gasteiger charge is 2.21. The van der Waals surface area contributed by atoms with E-state index in [0.29, 0.717) is 0 Å². The lowest BCUT2D eigenvalue weighted by molar-refractivity contribution is -0.137. The standard InChI is InChI=1S/C11H15O8PS/c12-11(13)3-1-2-8-20(14,15)19-9-4-6-10(7-5-9)21(16,17)18/h4-7H,1-3,8H2,(H,12,13)(H,14,15)(H,16,17,18). The van der Waals surface area contributed by atoms with Crippen LogP contribution in [0.25, 0.3) is 0 Å². The van der Waals surface area contributed by atoms with E-state index in [9.17, 15) is 22.7 Å². The molecule has 0 aliphatic rings. The summed E-state index contributed by atoms with van der Waals surface area (Å²) < 4.78 is 47.0. The molecule has 0 aliphatic carbocycles. The molecule has 0 spiro atoms. The number of rotatable bonds is 8. The molecule has 0 heterocycles. The predicted octanol–water partition coefficient (Wildman–Crippen LogP) is 1.75. The molecule has 0 bridgehead atoms. The molecule has 1 aromatic carbocycles. The Kier molecular flexibility index (Phi) is 5.91. The molecule has 1 aromatic rings. The van der Waals surface area contributed by atoms with Gasteiger partial charge in [0, 0.05) is 6.42 Å². The smallest absolute Gasteiger partial charge is 0.376 e. The van der Waals surface area contributed by atoms with Crippen molar-refractivity contribution in [3.05, 3.63) is 24.3 Å².